The molecule has 1 atom stereocenters. The minimum Gasteiger partial charge on any atom is -0.487 e. The van der Waals surface area contributed by atoms with E-state index in [0.29, 0.717) is 17.8 Å². The number of nitrogens with one attached hydrogen (secondary N) is 1. The van der Waals surface area contributed by atoms with Crippen molar-refractivity contribution in [2.45, 2.75) is 20.0 Å². The number of amides is 2. The van der Waals surface area contributed by atoms with Crippen LogP contribution in [0, 0.1) is 0 Å². The quantitative estimate of drug-likeness (QED) is 0.927. The van der Waals surface area contributed by atoms with Gasteiger partial charge in [-0.05, 0) is 43.3 Å². The smallest absolute Gasteiger partial charge is 0.258 e. The molecule has 3 rings (SSSR count). The number of para-hydroxylation sites is 2. The molecule has 2 amide bonds. The lowest BCUT2D eigenvalue weighted by atomic mass is 10.1. The lowest BCUT2D eigenvalue weighted by molar-refractivity contribution is -0.114. The first-order valence-corrected chi connectivity index (χ1v) is 7.50. The summed E-state index contributed by atoms with van der Waals surface area (Å²) >= 11 is 0. The Labute approximate surface area is 134 Å². The molecule has 1 aliphatic rings. The van der Waals surface area contributed by atoms with Crippen molar-refractivity contribution in [2.24, 2.45) is 0 Å². The van der Waals surface area contributed by atoms with Gasteiger partial charge in [-0.3, -0.25) is 9.59 Å². The Balaban J connectivity index is 1.87. The molecule has 0 aliphatic carbocycles. The van der Waals surface area contributed by atoms with Crippen molar-refractivity contribution in [3.8, 4) is 5.75 Å². The van der Waals surface area contributed by atoms with E-state index in [2.05, 4.69) is 5.32 Å². The summed E-state index contributed by atoms with van der Waals surface area (Å²) in [6.45, 7) is 3.89. The molecule has 1 unspecified atom stereocenters. The zero-order chi connectivity index (χ0) is 16.4. The minimum absolute atomic E-state index is 0.0625. The Bertz CT molecular complexity index is 740. The van der Waals surface area contributed by atoms with Crippen LogP contribution in [-0.4, -0.2) is 24.5 Å². The average molecular weight is 310 g/mol. The van der Waals surface area contributed by atoms with Gasteiger partial charge >= 0.3 is 0 Å². The Morgan fingerprint density at radius 1 is 1.13 bits per heavy atom. The number of hydrogen-bond donors (Lipinski definition) is 1. The number of hydrogen-bond acceptors (Lipinski definition) is 3. The van der Waals surface area contributed by atoms with Crippen LogP contribution in [0.3, 0.4) is 0 Å². The van der Waals surface area contributed by atoms with Crippen LogP contribution in [0.25, 0.3) is 0 Å². The fraction of sp³-hybridized carbons (Fsp3) is 0.222. The molecule has 0 bridgehead atoms. The summed E-state index contributed by atoms with van der Waals surface area (Å²) < 4.78 is 5.77. The van der Waals surface area contributed by atoms with Gasteiger partial charge in [-0.15, -0.1) is 0 Å². The van der Waals surface area contributed by atoms with Crippen molar-refractivity contribution in [3.05, 3.63) is 54.1 Å². The molecule has 23 heavy (non-hydrogen) atoms. The molecule has 1 heterocycles. The molecule has 5 heteroatoms. The summed E-state index contributed by atoms with van der Waals surface area (Å²) in [4.78, 5) is 25.6. The molecule has 0 aromatic heterocycles. The highest BCUT2D eigenvalue weighted by Gasteiger charge is 2.27. The summed E-state index contributed by atoms with van der Waals surface area (Å²) in [6.07, 6.45) is -0.0625. The maximum absolute atomic E-state index is 12.8. The Hall–Kier alpha value is -2.82. The summed E-state index contributed by atoms with van der Waals surface area (Å²) in [6, 6.07) is 14.4. The van der Waals surface area contributed by atoms with Crippen LogP contribution in [0.5, 0.6) is 5.75 Å². The molecule has 1 N–H and O–H groups in total. The number of carbonyl (C=O) groups is 2. The van der Waals surface area contributed by atoms with Crippen LogP contribution in [-0.2, 0) is 4.79 Å². The standard InChI is InChI=1S/C18H18N2O3/c1-12-11-20(16-5-3-4-6-17(16)23-12)18(22)14-7-9-15(10-8-14)19-13(2)21/h3-10,12H,11H2,1-2H3,(H,19,21). The van der Waals surface area contributed by atoms with Crippen LogP contribution in [0.1, 0.15) is 24.2 Å². The third kappa shape index (κ3) is 3.18. The third-order valence-corrected chi connectivity index (χ3v) is 3.62. The molecule has 0 spiro atoms. The number of nitrogens with zero attached hydrogens (tertiary/aromatic N) is 1. The van der Waals surface area contributed by atoms with Gasteiger partial charge in [0, 0.05) is 18.2 Å². The van der Waals surface area contributed by atoms with E-state index in [1.165, 1.54) is 6.92 Å². The van der Waals surface area contributed by atoms with E-state index in [1.54, 1.807) is 29.2 Å². The number of rotatable bonds is 2. The monoisotopic (exact) mass is 310 g/mol. The largest absolute Gasteiger partial charge is 0.487 e. The first kappa shape index (κ1) is 15.1. The molecule has 0 radical (unpaired) electrons. The lowest BCUT2D eigenvalue weighted by Gasteiger charge is -2.33. The maximum atomic E-state index is 12.8. The average Bonchev–Trinajstić information content (AvgIpc) is 2.53. The van der Waals surface area contributed by atoms with Gasteiger partial charge in [0.2, 0.25) is 5.91 Å². The van der Waals surface area contributed by atoms with Crippen molar-refractivity contribution >= 4 is 23.2 Å². The van der Waals surface area contributed by atoms with Crippen LogP contribution in [0.4, 0.5) is 11.4 Å². The summed E-state index contributed by atoms with van der Waals surface area (Å²) in [7, 11) is 0. The SMILES string of the molecule is CC(=O)Nc1ccc(C(=O)N2CC(C)Oc3ccccc32)cc1. The lowest BCUT2D eigenvalue weighted by Crippen LogP contribution is -2.42. The van der Waals surface area contributed by atoms with Gasteiger partial charge in [0.15, 0.2) is 0 Å². The second kappa shape index (κ2) is 6.12. The Kier molecular flexibility index (Phi) is 4.02. The first-order chi connectivity index (χ1) is 11.0. The Morgan fingerprint density at radius 3 is 2.52 bits per heavy atom. The summed E-state index contributed by atoms with van der Waals surface area (Å²) in [5, 5.41) is 2.69. The highest BCUT2D eigenvalue weighted by Crippen LogP contribution is 2.33. The molecule has 0 fully saturated rings. The van der Waals surface area contributed by atoms with Crippen LogP contribution >= 0.6 is 0 Å². The highest BCUT2D eigenvalue weighted by molar-refractivity contribution is 6.07. The fourth-order valence-corrected chi connectivity index (χ4v) is 2.64. The Morgan fingerprint density at radius 2 is 1.83 bits per heavy atom. The van der Waals surface area contributed by atoms with Gasteiger partial charge in [0.05, 0.1) is 12.2 Å². The zero-order valence-electron chi connectivity index (χ0n) is 13.1. The molecule has 2 aromatic rings. The van der Waals surface area contributed by atoms with Gasteiger partial charge in [0.25, 0.3) is 5.91 Å². The number of anilines is 2. The first-order valence-electron chi connectivity index (χ1n) is 7.50. The van der Waals surface area contributed by atoms with Gasteiger partial charge < -0.3 is 15.0 Å². The summed E-state index contributed by atoms with van der Waals surface area (Å²) in [5.41, 5.74) is 2.02. The number of fused-ring (bicyclic) bond motifs is 1. The van der Waals surface area contributed by atoms with Crippen LogP contribution in [0.2, 0.25) is 0 Å². The van der Waals surface area contributed by atoms with E-state index in [1.807, 2.05) is 31.2 Å². The van der Waals surface area contributed by atoms with Crippen molar-refractivity contribution < 1.29 is 14.3 Å². The van der Waals surface area contributed by atoms with Gasteiger partial charge in [-0.25, -0.2) is 0 Å². The molecule has 0 saturated carbocycles. The highest BCUT2D eigenvalue weighted by atomic mass is 16.5. The molecule has 0 saturated heterocycles. The van der Waals surface area contributed by atoms with Crippen molar-refractivity contribution in [3.63, 3.8) is 0 Å². The maximum Gasteiger partial charge on any atom is 0.258 e. The van der Waals surface area contributed by atoms with Crippen molar-refractivity contribution in [1.82, 2.24) is 0 Å². The van der Waals surface area contributed by atoms with Gasteiger partial charge in [0.1, 0.15) is 11.9 Å². The van der Waals surface area contributed by atoms with E-state index >= 15 is 0 Å². The van der Waals surface area contributed by atoms with Gasteiger partial charge in [-0.1, -0.05) is 12.1 Å². The van der Waals surface area contributed by atoms with Crippen molar-refractivity contribution in [2.75, 3.05) is 16.8 Å². The number of benzene rings is 2. The normalized spacial score (nSPS) is 16.3. The minimum atomic E-state index is -0.139. The van der Waals surface area contributed by atoms with E-state index in [4.69, 9.17) is 4.74 Å². The predicted molar refractivity (Wildman–Crippen MR) is 89.0 cm³/mol. The molecular formula is C18H18N2O3. The summed E-state index contributed by atoms with van der Waals surface area (Å²) in [5.74, 6) is 0.497. The fourth-order valence-electron chi connectivity index (χ4n) is 2.64. The van der Waals surface area contributed by atoms with Gasteiger partial charge in [-0.2, -0.15) is 0 Å². The molecule has 5 nitrogen and oxygen atoms in total. The van der Waals surface area contributed by atoms with Crippen LogP contribution in [0.15, 0.2) is 48.5 Å². The zero-order valence-corrected chi connectivity index (χ0v) is 13.1. The number of ether oxygens (including phenoxy) is 1. The topological polar surface area (TPSA) is 58.6 Å². The van der Waals surface area contributed by atoms with E-state index in [-0.39, 0.29) is 17.9 Å². The second-order valence-electron chi connectivity index (χ2n) is 5.57. The molecule has 1 aliphatic heterocycles. The van der Waals surface area contributed by atoms with Crippen LogP contribution < -0.4 is 15.0 Å². The van der Waals surface area contributed by atoms with E-state index < -0.39 is 0 Å². The third-order valence-electron chi connectivity index (χ3n) is 3.62. The number of carbonyl (C=O) groups excluding carboxylic acids is 2. The second-order valence-corrected chi connectivity index (χ2v) is 5.57. The van der Waals surface area contributed by atoms with E-state index in [9.17, 15) is 9.59 Å². The molecular weight excluding hydrogens is 292 g/mol. The molecule has 2 aromatic carbocycles. The van der Waals surface area contributed by atoms with Crippen molar-refractivity contribution in [1.29, 1.82) is 0 Å². The van der Waals surface area contributed by atoms with E-state index in [0.717, 1.165) is 11.4 Å². The predicted octanol–water partition coefficient (Wildman–Crippen LogP) is 3.07. The molecule has 118 valence electrons.